The Morgan fingerprint density at radius 1 is 0.895 bits per heavy atom. The van der Waals surface area contributed by atoms with E-state index in [1.165, 1.54) is 4.68 Å². The van der Waals surface area contributed by atoms with E-state index in [0.29, 0.717) is 18.8 Å². The molecule has 0 radical (unpaired) electrons. The fraction of sp³-hybridized carbons (Fsp3) is 0.286. The highest BCUT2D eigenvalue weighted by Crippen LogP contribution is 2.41. The van der Waals surface area contributed by atoms with Crippen molar-refractivity contribution in [3.63, 3.8) is 0 Å². The van der Waals surface area contributed by atoms with Crippen molar-refractivity contribution in [2.75, 3.05) is 0 Å². The molecule has 0 unspecified atom stereocenters. The molecule has 7 nitrogen and oxygen atoms in total. The molecule has 3 aromatic carbocycles. The summed E-state index contributed by atoms with van der Waals surface area (Å²) < 4.78 is 42.4. The number of halogens is 3. The zero-order valence-electron chi connectivity index (χ0n) is 20.5. The van der Waals surface area contributed by atoms with Gasteiger partial charge in [0.25, 0.3) is 0 Å². The van der Waals surface area contributed by atoms with Crippen LogP contribution in [0.2, 0.25) is 0 Å². The molecule has 1 aromatic heterocycles. The molecule has 1 aliphatic rings. The van der Waals surface area contributed by atoms with Gasteiger partial charge in [0.05, 0.1) is 6.04 Å². The molecule has 2 atom stereocenters. The van der Waals surface area contributed by atoms with Crippen LogP contribution in [0.5, 0.6) is 0 Å². The maximum Gasteiger partial charge on any atom is 0.245 e. The van der Waals surface area contributed by atoms with Crippen molar-refractivity contribution >= 4 is 5.91 Å². The smallest absolute Gasteiger partial charge is 0.245 e. The second-order valence-corrected chi connectivity index (χ2v) is 9.46. The minimum absolute atomic E-state index is 0.0751. The minimum atomic E-state index is -1.50. The van der Waals surface area contributed by atoms with Crippen LogP contribution in [0, 0.1) is 23.4 Å². The third kappa shape index (κ3) is 6.08. The molecule has 4 aromatic rings. The first-order chi connectivity index (χ1) is 18.5. The van der Waals surface area contributed by atoms with Gasteiger partial charge in [-0.2, -0.15) is 0 Å². The minimum Gasteiger partial charge on any atom is -0.350 e. The molecule has 196 valence electrons. The van der Waals surface area contributed by atoms with Crippen LogP contribution in [0.3, 0.4) is 0 Å². The number of nitrogens with one attached hydrogen (secondary N) is 2. The average molecular weight is 521 g/mol. The van der Waals surface area contributed by atoms with Gasteiger partial charge in [-0.3, -0.25) is 4.79 Å². The molecule has 1 heterocycles. The highest BCUT2D eigenvalue weighted by molar-refractivity contribution is 5.80. The first kappa shape index (κ1) is 25.6. The first-order valence-corrected chi connectivity index (χ1v) is 12.5. The van der Waals surface area contributed by atoms with Crippen molar-refractivity contribution in [1.82, 2.24) is 30.8 Å². The molecule has 5 rings (SSSR count). The summed E-state index contributed by atoms with van der Waals surface area (Å²) in [4.78, 5) is 13.5. The Morgan fingerprint density at radius 3 is 2.16 bits per heavy atom. The third-order valence-corrected chi connectivity index (χ3v) is 6.64. The highest BCUT2D eigenvalue weighted by atomic mass is 19.2. The summed E-state index contributed by atoms with van der Waals surface area (Å²) in [7, 11) is 0. The van der Waals surface area contributed by atoms with Gasteiger partial charge >= 0.3 is 0 Å². The molecule has 1 saturated carbocycles. The lowest BCUT2D eigenvalue weighted by molar-refractivity contribution is -0.124. The summed E-state index contributed by atoms with van der Waals surface area (Å²) in [5, 5.41) is 18.6. The van der Waals surface area contributed by atoms with E-state index in [2.05, 4.69) is 26.2 Å². The molecule has 10 heteroatoms. The SMILES string of the molecule is O=C(NCc1ccccc1)[C@@H](Cc1ccccc1)n1nnnc1[C@H](NCc1cc(F)c(F)c(F)c1)C1CC1. The average Bonchev–Trinajstić information content (AvgIpc) is 3.66. The van der Waals surface area contributed by atoms with Crippen LogP contribution in [0.1, 0.15) is 47.4 Å². The molecular formula is C28H27F3N6O. The number of aromatic nitrogens is 4. The maximum atomic E-state index is 13.7. The van der Waals surface area contributed by atoms with Crippen LogP contribution in [0.25, 0.3) is 0 Å². The summed E-state index contributed by atoms with van der Waals surface area (Å²) in [6.45, 7) is 0.431. The Bertz CT molecular complexity index is 1350. The Morgan fingerprint density at radius 2 is 1.53 bits per heavy atom. The van der Waals surface area contributed by atoms with Gasteiger partial charge in [-0.05, 0) is 58.0 Å². The second-order valence-electron chi connectivity index (χ2n) is 9.46. The van der Waals surface area contributed by atoms with E-state index < -0.39 is 23.5 Å². The van der Waals surface area contributed by atoms with Gasteiger partial charge < -0.3 is 10.6 Å². The quantitative estimate of drug-likeness (QED) is 0.286. The van der Waals surface area contributed by atoms with E-state index in [9.17, 15) is 18.0 Å². The zero-order chi connectivity index (χ0) is 26.5. The van der Waals surface area contributed by atoms with Crippen LogP contribution in [0.4, 0.5) is 13.2 Å². The molecule has 0 bridgehead atoms. The predicted octanol–water partition coefficient (Wildman–Crippen LogP) is 4.43. The monoisotopic (exact) mass is 520 g/mol. The second kappa shape index (κ2) is 11.6. The number of nitrogens with zero attached hydrogens (tertiary/aromatic N) is 4. The zero-order valence-corrected chi connectivity index (χ0v) is 20.5. The van der Waals surface area contributed by atoms with E-state index >= 15 is 0 Å². The number of carbonyl (C=O) groups is 1. The predicted molar refractivity (Wildman–Crippen MR) is 134 cm³/mol. The van der Waals surface area contributed by atoms with Gasteiger partial charge in [-0.1, -0.05) is 60.7 Å². The molecule has 38 heavy (non-hydrogen) atoms. The van der Waals surface area contributed by atoms with Crippen LogP contribution in [-0.2, 0) is 24.3 Å². The molecule has 2 N–H and O–H groups in total. The molecule has 1 aliphatic carbocycles. The molecule has 0 saturated heterocycles. The Labute approximate surface area is 218 Å². The van der Waals surface area contributed by atoms with Crippen molar-refractivity contribution in [1.29, 1.82) is 0 Å². The lowest BCUT2D eigenvalue weighted by atomic mass is 10.0. The number of carbonyl (C=O) groups excluding carboxylic acids is 1. The molecule has 0 spiro atoms. The summed E-state index contributed by atoms with van der Waals surface area (Å²) in [6.07, 6.45) is 2.20. The van der Waals surface area contributed by atoms with Gasteiger partial charge in [-0.25, -0.2) is 17.9 Å². The lowest BCUT2D eigenvalue weighted by Gasteiger charge is -2.23. The van der Waals surface area contributed by atoms with Crippen molar-refractivity contribution in [3.8, 4) is 0 Å². The topological polar surface area (TPSA) is 84.7 Å². The summed E-state index contributed by atoms with van der Waals surface area (Å²) in [5.74, 6) is -3.56. The number of tetrazole rings is 1. The van der Waals surface area contributed by atoms with E-state index in [1.807, 2.05) is 60.7 Å². The number of amides is 1. The first-order valence-electron chi connectivity index (χ1n) is 12.5. The largest absolute Gasteiger partial charge is 0.350 e. The Kier molecular flexibility index (Phi) is 7.78. The number of hydrogen-bond acceptors (Lipinski definition) is 5. The van der Waals surface area contributed by atoms with Gasteiger partial charge in [0.2, 0.25) is 5.91 Å². The van der Waals surface area contributed by atoms with Crippen LogP contribution >= 0.6 is 0 Å². The molecular weight excluding hydrogens is 493 g/mol. The van der Waals surface area contributed by atoms with Crippen molar-refractivity contribution in [2.45, 2.75) is 44.4 Å². The van der Waals surface area contributed by atoms with Crippen molar-refractivity contribution in [2.24, 2.45) is 5.92 Å². The number of benzene rings is 3. The van der Waals surface area contributed by atoms with Crippen molar-refractivity contribution in [3.05, 3.63) is 113 Å². The van der Waals surface area contributed by atoms with E-state index in [4.69, 9.17) is 0 Å². The molecule has 0 aliphatic heterocycles. The van der Waals surface area contributed by atoms with Crippen LogP contribution in [0.15, 0.2) is 72.8 Å². The number of hydrogen-bond donors (Lipinski definition) is 2. The van der Waals surface area contributed by atoms with Gasteiger partial charge in [0.15, 0.2) is 23.3 Å². The summed E-state index contributed by atoms with van der Waals surface area (Å²) in [5.41, 5.74) is 2.17. The fourth-order valence-electron chi connectivity index (χ4n) is 4.49. The Hall–Kier alpha value is -4.05. The number of rotatable bonds is 11. The Balaban J connectivity index is 1.39. The van der Waals surface area contributed by atoms with Gasteiger partial charge in [-0.15, -0.1) is 5.10 Å². The van der Waals surface area contributed by atoms with Gasteiger partial charge in [0, 0.05) is 19.5 Å². The molecule has 1 fully saturated rings. The summed E-state index contributed by atoms with van der Waals surface area (Å²) in [6, 6.07) is 20.0. The van der Waals surface area contributed by atoms with E-state index in [-0.39, 0.29) is 30.0 Å². The van der Waals surface area contributed by atoms with Crippen LogP contribution in [-0.4, -0.2) is 26.1 Å². The standard InChI is InChI=1S/C28H27F3N6O/c29-22-13-20(14-23(30)25(22)31)17-32-26(21-11-12-21)27-34-35-36-37(27)24(15-18-7-3-1-4-8-18)28(38)33-16-19-9-5-2-6-10-19/h1-10,13-14,21,24,26,32H,11-12,15-17H2,(H,33,38)/t24-,26-/m1/s1. The highest BCUT2D eigenvalue weighted by Gasteiger charge is 2.38. The normalized spacial score (nSPS) is 14.7. The van der Waals surface area contributed by atoms with Gasteiger partial charge in [0.1, 0.15) is 6.04 Å². The van der Waals surface area contributed by atoms with Crippen molar-refractivity contribution < 1.29 is 18.0 Å². The third-order valence-electron chi connectivity index (χ3n) is 6.64. The lowest BCUT2D eigenvalue weighted by Crippen LogP contribution is -2.36. The molecule has 1 amide bonds. The fourth-order valence-corrected chi connectivity index (χ4v) is 4.49. The van der Waals surface area contributed by atoms with E-state index in [1.54, 1.807) is 0 Å². The van der Waals surface area contributed by atoms with Crippen LogP contribution < -0.4 is 10.6 Å². The maximum absolute atomic E-state index is 13.7. The van der Waals surface area contributed by atoms with E-state index in [0.717, 1.165) is 36.1 Å². The summed E-state index contributed by atoms with van der Waals surface area (Å²) >= 11 is 0.